The third-order valence-electron chi connectivity index (χ3n) is 5.20. The molecule has 1 saturated carbocycles. The molecular formula is C15H11ClN5O3S+. The maximum absolute atomic E-state index is 10.9. The van der Waals surface area contributed by atoms with Crippen molar-refractivity contribution < 1.29 is 14.7 Å². The van der Waals surface area contributed by atoms with Crippen LogP contribution in [0.1, 0.15) is 11.5 Å². The number of fused-ring (bicyclic) bond motifs is 2. The lowest BCUT2D eigenvalue weighted by Gasteiger charge is -2.23. The number of ether oxygens (including phenoxy) is 1. The molecule has 4 atom stereocenters. The fourth-order valence-electron chi connectivity index (χ4n) is 4.15. The topological polar surface area (TPSA) is 140 Å². The summed E-state index contributed by atoms with van der Waals surface area (Å²) in [6, 6.07) is 8.47. The molecule has 0 bridgehead atoms. The second kappa shape index (κ2) is 4.85. The number of rotatable bonds is 2. The monoisotopic (exact) mass is 376 g/mol. The smallest absolute Gasteiger partial charge is 0.277 e. The summed E-state index contributed by atoms with van der Waals surface area (Å²) in [5.41, 5.74) is 3.90. The number of nitriles is 2. The molecule has 3 N–H and O–H groups in total. The quantitative estimate of drug-likeness (QED) is 0.556. The SMILES string of the molecule is N#C[C@@]12[C@@H](c3ccc([N+](=O)[O-])cc3Cl)[C@]1(C#N)C(N)=[NH+][C@@]21OCCS1. The molecule has 25 heavy (non-hydrogen) atoms. The first-order chi connectivity index (χ1) is 11.9. The van der Waals surface area contributed by atoms with Gasteiger partial charge in [0.05, 0.1) is 28.7 Å². The van der Waals surface area contributed by atoms with Crippen LogP contribution in [0, 0.1) is 43.6 Å². The summed E-state index contributed by atoms with van der Waals surface area (Å²) in [5.74, 6) is 0.201. The molecule has 10 heteroatoms. The first kappa shape index (κ1) is 16.2. The Morgan fingerprint density at radius 2 is 2.24 bits per heavy atom. The Labute approximate surface area is 151 Å². The van der Waals surface area contributed by atoms with E-state index >= 15 is 0 Å². The average molecular weight is 377 g/mol. The first-order valence-electron chi connectivity index (χ1n) is 7.35. The van der Waals surface area contributed by atoms with Crippen molar-refractivity contribution >= 4 is 34.9 Å². The molecule has 1 aromatic rings. The molecule has 0 unspecified atom stereocenters. The van der Waals surface area contributed by atoms with Crippen LogP contribution in [0.4, 0.5) is 5.69 Å². The van der Waals surface area contributed by atoms with Crippen molar-refractivity contribution in [2.24, 2.45) is 16.6 Å². The van der Waals surface area contributed by atoms with Crippen molar-refractivity contribution in [1.82, 2.24) is 0 Å². The second-order valence-electron chi connectivity index (χ2n) is 6.09. The summed E-state index contributed by atoms with van der Waals surface area (Å²) in [6.45, 7) is 0.427. The van der Waals surface area contributed by atoms with E-state index in [2.05, 4.69) is 17.1 Å². The van der Waals surface area contributed by atoms with Crippen molar-refractivity contribution in [1.29, 1.82) is 10.5 Å². The molecule has 8 nitrogen and oxygen atoms in total. The molecule has 1 aliphatic carbocycles. The highest BCUT2D eigenvalue weighted by molar-refractivity contribution is 8.00. The molecule has 0 aromatic heterocycles. The fraction of sp³-hybridized carbons (Fsp3) is 0.400. The number of benzene rings is 1. The van der Waals surface area contributed by atoms with Gasteiger partial charge in [-0.15, -0.1) is 0 Å². The van der Waals surface area contributed by atoms with Crippen molar-refractivity contribution in [3.8, 4) is 12.1 Å². The van der Waals surface area contributed by atoms with Gasteiger partial charge in [0.1, 0.15) is 0 Å². The zero-order valence-corrected chi connectivity index (χ0v) is 14.2. The summed E-state index contributed by atoms with van der Waals surface area (Å²) in [6.07, 6.45) is 0. The highest BCUT2D eigenvalue weighted by Crippen LogP contribution is 2.81. The number of nitrogens with two attached hydrogens (primary N) is 1. The van der Waals surface area contributed by atoms with Crippen LogP contribution >= 0.6 is 23.4 Å². The Morgan fingerprint density at radius 3 is 2.76 bits per heavy atom. The van der Waals surface area contributed by atoms with Crippen molar-refractivity contribution in [2.75, 3.05) is 12.4 Å². The number of nitrogens with zero attached hydrogens (tertiary/aromatic N) is 3. The summed E-state index contributed by atoms with van der Waals surface area (Å²) >= 11 is 7.66. The predicted octanol–water partition coefficient (Wildman–Crippen LogP) is 0.234. The molecule has 126 valence electrons. The number of nitro groups is 1. The molecule has 0 radical (unpaired) electrons. The summed E-state index contributed by atoms with van der Waals surface area (Å²) in [5, 5.41) is 29.8. The maximum Gasteiger partial charge on any atom is 0.277 e. The largest absolute Gasteiger partial charge is 0.327 e. The van der Waals surface area contributed by atoms with Crippen molar-refractivity contribution in [3.05, 3.63) is 38.9 Å². The van der Waals surface area contributed by atoms with E-state index in [1.807, 2.05) is 0 Å². The number of hydrogen-bond acceptors (Lipinski definition) is 7. The second-order valence-corrected chi connectivity index (χ2v) is 7.77. The van der Waals surface area contributed by atoms with Crippen LogP contribution in [0.25, 0.3) is 0 Å². The zero-order valence-electron chi connectivity index (χ0n) is 12.7. The Morgan fingerprint density at radius 1 is 1.48 bits per heavy atom. The minimum Gasteiger partial charge on any atom is -0.327 e. The van der Waals surface area contributed by atoms with Gasteiger partial charge in [0.25, 0.3) is 16.6 Å². The van der Waals surface area contributed by atoms with E-state index in [0.29, 0.717) is 17.9 Å². The minimum atomic E-state index is -1.29. The van der Waals surface area contributed by atoms with Gasteiger partial charge in [-0.1, -0.05) is 29.4 Å². The average Bonchev–Trinajstić information content (AvgIpc) is 2.82. The van der Waals surface area contributed by atoms with Crippen LogP contribution < -0.4 is 10.7 Å². The van der Waals surface area contributed by atoms with Crippen LogP contribution in [0.2, 0.25) is 5.02 Å². The lowest BCUT2D eigenvalue weighted by atomic mass is 9.95. The van der Waals surface area contributed by atoms with E-state index in [4.69, 9.17) is 22.1 Å². The number of non-ortho nitro benzene ring substituents is 1. The van der Waals surface area contributed by atoms with Crippen molar-refractivity contribution in [3.63, 3.8) is 0 Å². The Hall–Kier alpha value is -2.33. The molecule has 2 fully saturated rings. The van der Waals surface area contributed by atoms with Gasteiger partial charge in [0.15, 0.2) is 10.8 Å². The number of hydrogen-bond donors (Lipinski definition) is 2. The minimum absolute atomic E-state index is 0.129. The number of nitro benzene ring substituents is 1. The number of halogens is 1. The van der Waals surface area contributed by atoms with E-state index in [1.54, 1.807) is 0 Å². The highest BCUT2D eigenvalue weighted by atomic mass is 35.5. The Balaban J connectivity index is 1.91. The summed E-state index contributed by atoms with van der Waals surface area (Å²) in [7, 11) is 0. The summed E-state index contributed by atoms with van der Waals surface area (Å²) < 4.78 is 5.83. The molecule has 3 aliphatic rings. The standard InChI is InChI=1S/C15H10ClN5O3S/c16-10-5-8(21(22)23)1-2-9(10)11-13(6-17)12(19)20-15(14(11,13)7-18)24-3-4-25-15/h1-2,5,11H,3-4H2,(H2,19,20)/p+1/t11-,13+,14+,15+/m0/s1. The zero-order chi connectivity index (χ0) is 18.0. The van der Waals surface area contributed by atoms with E-state index in [-0.39, 0.29) is 16.5 Å². The van der Waals surface area contributed by atoms with E-state index in [9.17, 15) is 20.6 Å². The Kier molecular flexibility index (Phi) is 3.14. The Bertz CT molecular complexity index is 932. The van der Waals surface area contributed by atoms with Gasteiger partial charge in [-0.3, -0.25) is 15.8 Å². The van der Waals surface area contributed by atoms with Crippen LogP contribution in [0.3, 0.4) is 0 Å². The van der Waals surface area contributed by atoms with Gasteiger partial charge in [-0.25, -0.2) is 4.99 Å². The summed E-state index contributed by atoms with van der Waals surface area (Å²) in [4.78, 5) is 13.4. The van der Waals surface area contributed by atoms with E-state index in [0.717, 1.165) is 0 Å². The lowest BCUT2D eigenvalue weighted by Crippen LogP contribution is -2.88. The molecule has 1 spiro atoms. The van der Waals surface area contributed by atoms with Crippen LogP contribution in [0.5, 0.6) is 0 Å². The van der Waals surface area contributed by atoms with Gasteiger partial charge < -0.3 is 4.74 Å². The first-order valence-corrected chi connectivity index (χ1v) is 8.72. The number of nitrogens with one attached hydrogen (secondary N) is 1. The van der Waals surface area contributed by atoms with Gasteiger partial charge in [-0.2, -0.15) is 10.5 Å². The fourth-order valence-corrected chi connectivity index (χ4v) is 5.79. The van der Waals surface area contributed by atoms with Gasteiger partial charge in [0.2, 0.25) is 0 Å². The van der Waals surface area contributed by atoms with E-state index in [1.165, 1.54) is 30.0 Å². The highest BCUT2D eigenvalue weighted by Gasteiger charge is 2.96. The molecule has 4 rings (SSSR count). The third-order valence-corrected chi connectivity index (χ3v) is 6.85. The molecule has 2 heterocycles. The van der Waals surface area contributed by atoms with Crippen molar-refractivity contribution in [2.45, 2.75) is 11.0 Å². The van der Waals surface area contributed by atoms with Crippen LogP contribution in [-0.4, -0.2) is 28.2 Å². The van der Waals surface area contributed by atoms with Gasteiger partial charge >= 0.3 is 0 Å². The maximum atomic E-state index is 10.9. The molecule has 2 aliphatic heterocycles. The number of amidine groups is 1. The van der Waals surface area contributed by atoms with Crippen LogP contribution in [-0.2, 0) is 4.74 Å². The molecule has 0 amide bonds. The lowest BCUT2D eigenvalue weighted by molar-refractivity contribution is -0.583. The predicted molar refractivity (Wildman–Crippen MR) is 88.2 cm³/mol. The number of thioether (sulfide) groups is 1. The third kappa shape index (κ3) is 1.59. The normalized spacial score (nSPS) is 37.9. The van der Waals surface area contributed by atoms with Gasteiger partial charge in [0, 0.05) is 23.8 Å². The van der Waals surface area contributed by atoms with E-state index < -0.39 is 26.7 Å². The van der Waals surface area contributed by atoms with Crippen LogP contribution in [0.15, 0.2) is 18.2 Å². The van der Waals surface area contributed by atoms with Gasteiger partial charge in [-0.05, 0) is 5.56 Å². The molecule has 1 aromatic carbocycles. The molecular weight excluding hydrogens is 366 g/mol. The molecule has 1 saturated heterocycles.